The van der Waals surface area contributed by atoms with Gasteiger partial charge in [-0.25, -0.2) is 15.0 Å². The minimum Gasteiger partial charge on any atom is -0.466 e. The van der Waals surface area contributed by atoms with Crippen molar-refractivity contribution in [2.45, 2.75) is 91.3 Å². The van der Waals surface area contributed by atoms with Crippen LogP contribution in [0.3, 0.4) is 0 Å². The summed E-state index contributed by atoms with van der Waals surface area (Å²) >= 11 is 0. The van der Waals surface area contributed by atoms with E-state index < -0.39 is 55.9 Å². The number of nitrogens with zero attached hydrogens (tertiary/aromatic N) is 2. The zero-order valence-corrected chi connectivity index (χ0v) is 28.0. The Balaban J connectivity index is 2.10. The van der Waals surface area contributed by atoms with Crippen molar-refractivity contribution in [2.75, 3.05) is 38.6 Å². The number of esters is 2. The average molecular weight is 660 g/mol. The lowest BCUT2D eigenvalue weighted by molar-refractivity contribution is -0.145. The minimum atomic E-state index is -4.03. The molecule has 0 aromatic carbocycles. The molecule has 4 atom stereocenters. The second kappa shape index (κ2) is 16.3. The highest BCUT2D eigenvalue weighted by Crippen LogP contribution is 2.43. The van der Waals surface area contributed by atoms with Crippen molar-refractivity contribution in [3.8, 4) is 0 Å². The van der Waals surface area contributed by atoms with E-state index in [1.54, 1.807) is 0 Å². The molecule has 1 aliphatic rings. The zero-order chi connectivity index (χ0) is 34.1. The molecule has 1 aromatic rings. The number of nitrogens with one attached hydrogen (secondary N) is 2. The molecule has 15 nitrogen and oxygen atoms in total. The molecule has 6 N–H and O–H groups in total. The molecule has 0 spiro atoms. The fourth-order valence-electron chi connectivity index (χ4n) is 4.03. The van der Waals surface area contributed by atoms with Crippen LogP contribution in [0.25, 0.3) is 0 Å². The molecule has 16 heteroatoms. The van der Waals surface area contributed by atoms with E-state index in [4.69, 9.17) is 24.5 Å². The van der Waals surface area contributed by atoms with E-state index in [0.717, 1.165) is 4.57 Å². The highest BCUT2D eigenvalue weighted by molar-refractivity contribution is 7.54. The second-order valence-electron chi connectivity index (χ2n) is 13.3. The first-order chi connectivity index (χ1) is 20.8. The number of hydrogen-bond acceptors (Lipinski definition) is 12. The topological polar surface area (TPSA) is 214 Å². The summed E-state index contributed by atoms with van der Waals surface area (Å²) in [6.07, 6.45) is -1.19. The van der Waals surface area contributed by atoms with Gasteiger partial charge in [0.15, 0.2) is 6.23 Å². The summed E-state index contributed by atoms with van der Waals surface area (Å²) in [7, 11) is -4.03. The maximum Gasteiger partial charge on any atom is 0.351 e. The summed E-state index contributed by atoms with van der Waals surface area (Å²) in [6.45, 7) is 15.5. The van der Waals surface area contributed by atoms with Gasteiger partial charge in [0.2, 0.25) is 0 Å². The van der Waals surface area contributed by atoms with Crippen molar-refractivity contribution in [3.05, 3.63) is 35.4 Å². The first-order valence-corrected chi connectivity index (χ1v) is 16.5. The van der Waals surface area contributed by atoms with E-state index in [2.05, 4.69) is 21.7 Å². The van der Waals surface area contributed by atoms with Gasteiger partial charge in [-0.1, -0.05) is 47.6 Å². The number of aliphatic hydroxyl groups excluding tert-OH is 2. The zero-order valence-electron chi connectivity index (χ0n) is 27.1. The minimum absolute atomic E-state index is 0.0153. The van der Waals surface area contributed by atoms with Crippen LogP contribution in [-0.4, -0.2) is 82.4 Å². The predicted molar refractivity (Wildman–Crippen MR) is 167 cm³/mol. The number of nitrogens with two attached hydrogens (primary N) is 1. The third-order valence-corrected chi connectivity index (χ3v) is 8.70. The number of carbonyl (C=O) groups excluding carboxylic acids is 2. The van der Waals surface area contributed by atoms with Gasteiger partial charge in [-0.05, 0) is 29.7 Å². The van der Waals surface area contributed by atoms with E-state index in [-0.39, 0.29) is 55.8 Å². The Morgan fingerprint density at radius 1 is 1.09 bits per heavy atom. The molecule has 1 saturated heterocycles. The number of hydrogen-bond donors (Lipinski definition) is 5. The molecule has 1 aromatic heterocycles. The Hall–Kier alpha value is -2.65. The average Bonchev–Trinajstić information content (AvgIpc) is 3.16. The number of nitrogen functional groups attached to an aromatic ring is 1. The Labute approximate surface area is 264 Å². The normalized spacial score (nSPS) is 22.3. The largest absolute Gasteiger partial charge is 0.466 e. The second-order valence-corrected chi connectivity index (χ2v) is 15.3. The molecule has 0 saturated carbocycles. The molecule has 0 unspecified atom stereocenters. The number of anilines is 1. The van der Waals surface area contributed by atoms with Gasteiger partial charge in [0, 0.05) is 19.3 Å². The van der Waals surface area contributed by atoms with Crippen LogP contribution in [0.15, 0.2) is 29.7 Å². The molecule has 0 radical (unpaired) electrons. The van der Waals surface area contributed by atoms with Gasteiger partial charge in [-0.2, -0.15) is 4.98 Å². The molecule has 1 aliphatic heterocycles. The summed E-state index contributed by atoms with van der Waals surface area (Å²) in [5.41, 5.74) is 2.87. The first kappa shape index (κ1) is 38.5. The summed E-state index contributed by atoms with van der Waals surface area (Å²) in [5.74, 6) is -1.06. The third kappa shape index (κ3) is 12.6. The van der Waals surface area contributed by atoms with Crippen LogP contribution in [0, 0.1) is 10.8 Å². The lowest BCUT2D eigenvalue weighted by atomic mass is 9.93. The molecule has 1 fully saturated rings. The van der Waals surface area contributed by atoms with Gasteiger partial charge in [-0.15, -0.1) is 6.58 Å². The molecule has 2 heterocycles. The van der Waals surface area contributed by atoms with Crippen molar-refractivity contribution in [1.82, 2.24) is 19.7 Å². The van der Waals surface area contributed by atoms with E-state index in [9.17, 15) is 29.2 Å². The highest BCUT2D eigenvalue weighted by Gasteiger charge is 2.54. The summed E-state index contributed by atoms with van der Waals surface area (Å²) < 4.78 is 36.9. The van der Waals surface area contributed by atoms with E-state index in [0.29, 0.717) is 12.8 Å². The van der Waals surface area contributed by atoms with Crippen molar-refractivity contribution in [1.29, 1.82) is 0 Å². The molecule has 0 aliphatic carbocycles. The number of aliphatic hydroxyl groups is 2. The highest BCUT2D eigenvalue weighted by atomic mass is 31.2. The van der Waals surface area contributed by atoms with Crippen LogP contribution in [-0.2, 0) is 32.9 Å². The van der Waals surface area contributed by atoms with Gasteiger partial charge in [-0.3, -0.25) is 18.7 Å². The van der Waals surface area contributed by atoms with Crippen LogP contribution < -0.4 is 21.6 Å². The van der Waals surface area contributed by atoms with Gasteiger partial charge < -0.3 is 34.7 Å². The van der Waals surface area contributed by atoms with Crippen LogP contribution in [0.1, 0.15) is 73.5 Å². The van der Waals surface area contributed by atoms with Gasteiger partial charge in [0.05, 0.1) is 32.7 Å². The smallest absolute Gasteiger partial charge is 0.351 e. The Morgan fingerprint density at radius 2 is 1.60 bits per heavy atom. The lowest BCUT2D eigenvalue weighted by Gasteiger charge is -2.30. The van der Waals surface area contributed by atoms with Crippen LogP contribution in [0.2, 0.25) is 0 Å². The molecule has 0 amide bonds. The Kier molecular flexibility index (Phi) is 13.9. The monoisotopic (exact) mass is 659 g/mol. The van der Waals surface area contributed by atoms with Crippen molar-refractivity contribution < 1.29 is 43.1 Å². The van der Waals surface area contributed by atoms with Gasteiger partial charge >= 0.3 is 25.3 Å². The molecule has 45 heavy (non-hydrogen) atoms. The van der Waals surface area contributed by atoms with Crippen LogP contribution in [0.5, 0.6) is 0 Å². The molecule has 2 rings (SSSR count). The number of rotatable bonds is 17. The Bertz CT molecular complexity index is 1220. The summed E-state index contributed by atoms with van der Waals surface area (Å²) in [5, 5.41) is 27.0. The maximum absolute atomic E-state index is 13.9. The van der Waals surface area contributed by atoms with Crippen LogP contribution in [0.4, 0.5) is 5.82 Å². The quantitative estimate of drug-likeness (QED) is 0.0920. The maximum atomic E-state index is 13.9. The summed E-state index contributed by atoms with van der Waals surface area (Å²) in [4.78, 5) is 40.5. The number of ether oxygens (including phenoxy) is 3. The van der Waals surface area contributed by atoms with E-state index >= 15 is 0 Å². The third-order valence-electron chi connectivity index (χ3n) is 6.93. The fourth-order valence-corrected chi connectivity index (χ4v) is 5.52. The first-order valence-electron chi connectivity index (χ1n) is 14.9. The number of carbonyl (C=O) groups is 2. The molecular formula is C29H50N5O10P. The predicted octanol–water partition coefficient (Wildman–Crippen LogP) is 2.04. The van der Waals surface area contributed by atoms with E-state index in [1.807, 2.05) is 41.5 Å². The van der Waals surface area contributed by atoms with Crippen molar-refractivity contribution in [3.63, 3.8) is 0 Å². The molecule has 256 valence electrons. The van der Waals surface area contributed by atoms with Gasteiger partial charge in [0.1, 0.15) is 23.6 Å². The Morgan fingerprint density at radius 3 is 2.04 bits per heavy atom. The van der Waals surface area contributed by atoms with Crippen molar-refractivity contribution in [2.24, 2.45) is 10.8 Å². The number of aromatic nitrogens is 2. The molecule has 0 bridgehead atoms. The van der Waals surface area contributed by atoms with Crippen molar-refractivity contribution >= 4 is 25.4 Å². The lowest BCUT2D eigenvalue weighted by Crippen LogP contribution is -2.46. The fraction of sp³-hybridized carbons (Fsp3) is 0.724. The van der Waals surface area contributed by atoms with Crippen LogP contribution >= 0.6 is 7.67 Å². The summed E-state index contributed by atoms with van der Waals surface area (Å²) in [6, 6.07) is 1.32. The van der Waals surface area contributed by atoms with Gasteiger partial charge in [0.25, 0.3) is 0 Å². The molecular weight excluding hydrogens is 609 g/mol. The van der Waals surface area contributed by atoms with E-state index in [1.165, 1.54) is 18.3 Å². The SMILES string of the molecule is C=C[C@]1(COP(=O)(NCCC(=O)OCCC(C)(C)C)NCCC(=O)OCCC(C)(C)C)O[C@@H](n2ccc(N)nc2=O)[C@H](O)[C@@H]1O. The standard InChI is InChI=1S/C29H50N5O10P/c1-8-29(24(38)23(37)25(44-29)34-16-11-20(30)33-26(34)39)19-43-45(40,31-14-9-21(35)41-17-12-27(2,3)4)32-15-10-22(36)42-18-13-28(5,6)7/h8,11,16,23-25,37-38H,1,9-10,12-15,17-19H2,2-7H3,(H2,30,33,39)(H2,31,32,40)/t23-,24+,25-,29-/m1/s1.